The predicted molar refractivity (Wildman–Crippen MR) is 75.9 cm³/mol. The molecule has 18 heavy (non-hydrogen) atoms. The molecule has 1 atom stereocenters. The van der Waals surface area contributed by atoms with Gasteiger partial charge in [-0.05, 0) is 24.1 Å². The molecule has 0 aromatic heterocycles. The third kappa shape index (κ3) is 4.41. The third-order valence-corrected chi connectivity index (χ3v) is 2.84. The Labute approximate surface area is 113 Å². The minimum atomic E-state index is -0.615. The molecule has 98 valence electrons. The Hall–Kier alpha value is -1.49. The quantitative estimate of drug-likeness (QED) is 0.709. The molecule has 2 amide bonds. The molecule has 0 aliphatic rings. The lowest BCUT2D eigenvalue weighted by atomic mass is 10.1. The van der Waals surface area contributed by atoms with Crippen LogP contribution in [0.15, 0.2) is 24.3 Å². The molecule has 1 aromatic carbocycles. The Morgan fingerprint density at radius 3 is 2.67 bits per heavy atom. The third-order valence-electron chi connectivity index (χ3n) is 2.48. The highest BCUT2D eigenvalue weighted by molar-refractivity contribution is 7.80. The smallest absolute Gasteiger partial charge is 0.247 e. The lowest BCUT2D eigenvalue weighted by Gasteiger charge is -2.15. The van der Waals surface area contributed by atoms with Gasteiger partial charge in [0.05, 0.1) is 0 Å². The lowest BCUT2D eigenvalue weighted by molar-refractivity contribution is -0.124. The van der Waals surface area contributed by atoms with Gasteiger partial charge in [-0.1, -0.05) is 19.1 Å². The summed E-state index contributed by atoms with van der Waals surface area (Å²) in [5.74, 6) is -0.237. The maximum atomic E-state index is 11.9. The van der Waals surface area contributed by atoms with Crippen molar-refractivity contribution >= 4 is 30.1 Å². The molecule has 1 unspecified atom stereocenters. The largest absolute Gasteiger partial charge is 0.344 e. The number of rotatable bonds is 5. The van der Waals surface area contributed by atoms with E-state index in [1.54, 1.807) is 0 Å². The summed E-state index contributed by atoms with van der Waals surface area (Å²) in [6.07, 6.45) is 0.908. The second-order valence-corrected chi connectivity index (χ2v) is 4.34. The average molecular weight is 266 g/mol. The molecular formula is C13H18N2O2S. The standard InChI is InChI=1S/C13H18N2O2S/c1-3-10-5-4-6-11(7-10)15-13(17)12(8-18)14-9(2)16/h4-7,12,18H,3,8H2,1-2H3,(H,14,16)(H,15,17). The van der Waals surface area contributed by atoms with Crippen molar-refractivity contribution < 1.29 is 9.59 Å². The molecule has 5 heteroatoms. The van der Waals surface area contributed by atoms with Crippen molar-refractivity contribution in [2.45, 2.75) is 26.3 Å². The van der Waals surface area contributed by atoms with Crippen LogP contribution in [-0.2, 0) is 16.0 Å². The van der Waals surface area contributed by atoms with Gasteiger partial charge >= 0.3 is 0 Å². The van der Waals surface area contributed by atoms with E-state index in [-0.39, 0.29) is 17.6 Å². The van der Waals surface area contributed by atoms with Crippen LogP contribution in [0.5, 0.6) is 0 Å². The van der Waals surface area contributed by atoms with Crippen molar-refractivity contribution in [1.82, 2.24) is 5.32 Å². The van der Waals surface area contributed by atoms with Crippen LogP contribution in [0.4, 0.5) is 5.69 Å². The zero-order chi connectivity index (χ0) is 13.5. The molecule has 4 nitrogen and oxygen atoms in total. The summed E-state index contributed by atoms with van der Waals surface area (Å²) in [5, 5.41) is 5.32. The number of nitrogens with one attached hydrogen (secondary N) is 2. The molecule has 0 saturated carbocycles. The van der Waals surface area contributed by atoms with Crippen LogP contribution in [-0.4, -0.2) is 23.6 Å². The number of anilines is 1. The zero-order valence-electron chi connectivity index (χ0n) is 10.6. The summed E-state index contributed by atoms with van der Waals surface area (Å²) in [6.45, 7) is 3.43. The number of carbonyl (C=O) groups excluding carboxylic acids is 2. The molecule has 0 heterocycles. The van der Waals surface area contributed by atoms with Crippen LogP contribution >= 0.6 is 12.6 Å². The van der Waals surface area contributed by atoms with Crippen molar-refractivity contribution in [3.8, 4) is 0 Å². The highest BCUT2D eigenvalue weighted by Crippen LogP contribution is 2.11. The molecule has 0 spiro atoms. The van der Waals surface area contributed by atoms with Crippen molar-refractivity contribution in [1.29, 1.82) is 0 Å². The molecular weight excluding hydrogens is 248 g/mol. The van der Waals surface area contributed by atoms with Gasteiger partial charge < -0.3 is 10.6 Å². The first-order chi connectivity index (χ1) is 8.56. The summed E-state index contributed by atoms with van der Waals surface area (Å²) in [6, 6.07) is 7.01. The number of hydrogen-bond donors (Lipinski definition) is 3. The van der Waals surface area contributed by atoms with E-state index in [0.717, 1.165) is 17.7 Å². The van der Waals surface area contributed by atoms with Gasteiger partial charge in [-0.2, -0.15) is 12.6 Å². The van der Waals surface area contributed by atoms with Crippen LogP contribution in [0.1, 0.15) is 19.4 Å². The van der Waals surface area contributed by atoms with Crippen molar-refractivity contribution in [3.05, 3.63) is 29.8 Å². The first-order valence-corrected chi connectivity index (χ1v) is 6.47. The Kier molecular flexibility index (Phi) is 5.71. The van der Waals surface area contributed by atoms with Crippen LogP contribution < -0.4 is 10.6 Å². The summed E-state index contributed by atoms with van der Waals surface area (Å²) in [7, 11) is 0. The van der Waals surface area contributed by atoms with Crippen LogP contribution in [0.2, 0.25) is 0 Å². The van der Waals surface area contributed by atoms with E-state index in [1.807, 2.05) is 24.3 Å². The van der Waals surface area contributed by atoms with E-state index in [2.05, 4.69) is 30.2 Å². The molecule has 0 aliphatic carbocycles. The van der Waals surface area contributed by atoms with Crippen molar-refractivity contribution in [3.63, 3.8) is 0 Å². The number of amides is 2. The minimum Gasteiger partial charge on any atom is -0.344 e. The number of aryl methyl sites for hydroxylation is 1. The summed E-state index contributed by atoms with van der Waals surface area (Å²) in [5.41, 5.74) is 1.88. The molecule has 2 N–H and O–H groups in total. The number of benzene rings is 1. The SMILES string of the molecule is CCc1cccc(NC(=O)C(CS)NC(C)=O)c1. The average Bonchev–Trinajstić information content (AvgIpc) is 2.35. The maximum absolute atomic E-state index is 11.9. The summed E-state index contributed by atoms with van der Waals surface area (Å²) in [4.78, 5) is 22.8. The van der Waals surface area contributed by atoms with Gasteiger partial charge in [0, 0.05) is 18.4 Å². The van der Waals surface area contributed by atoms with Crippen LogP contribution in [0.25, 0.3) is 0 Å². The molecule has 0 fully saturated rings. The second kappa shape index (κ2) is 7.06. The van der Waals surface area contributed by atoms with Crippen molar-refractivity contribution in [2.24, 2.45) is 0 Å². The molecule has 1 rings (SSSR count). The van der Waals surface area contributed by atoms with Crippen LogP contribution in [0, 0.1) is 0 Å². The first kappa shape index (κ1) is 14.6. The van der Waals surface area contributed by atoms with E-state index in [4.69, 9.17) is 0 Å². The van der Waals surface area contributed by atoms with Gasteiger partial charge in [0.15, 0.2) is 0 Å². The number of thiol groups is 1. The molecule has 0 saturated heterocycles. The van der Waals surface area contributed by atoms with Gasteiger partial charge in [0.1, 0.15) is 6.04 Å². The van der Waals surface area contributed by atoms with Gasteiger partial charge in [0.25, 0.3) is 0 Å². The fourth-order valence-corrected chi connectivity index (χ4v) is 1.79. The molecule has 0 bridgehead atoms. The molecule has 1 aromatic rings. The Morgan fingerprint density at radius 2 is 2.11 bits per heavy atom. The fourth-order valence-electron chi connectivity index (χ4n) is 1.54. The number of hydrogen-bond acceptors (Lipinski definition) is 3. The van der Waals surface area contributed by atoms with Gasteiger partial charge in [0.2, 0.25) is 11.8 Å². The second-order valence-electron chi connectivity index (χ2n) is 3.98. The molecule has 0 radical (unpaired) electrons. The normalized spacial score (nSPS) is 11.7. The fraction of sp³-hybridized carbons (Fsp3) is 0.385. The lowest BCUT2D eigenvalue weighted by Crippen LogP contribution is -2.44. The predicted octanol–water partition coefficient (Wildman–Crippen LogP) is 1.62. The monoisotopic (exact) mass is 266 g/mol. The Bertz CT molecular complexity index is 435. The van der Waals surface area contributed by atoms with E-state index in [1.165, 1.54) is 6.92 Å². The minimum absolute atomic E-state index is 0.244. The highest BCUT2D eigenvalue weighted by Gasteiger charge is 2.17. The van der Waals surface area contributed by atoms with Gasteiger partial charge in [-0.15, -0.1) is 0 Å². The Balaban J connectivity index is 2.69. The zero-order valence-corrected chi connectivity index (χ0v) is 11.5. The highest BCUT2D eigenvalue weighted by atomic mass is 32.1. The summed E-state index contributed by atoms with van der Waals surface area (Å²) < 4.78 is 0. The Morgan fingerprint density at radius 1 is 1.39 bits per heavy atom. The van der Waals surface area contributed by atoms with Gasteiger partial charge in [-0.25, -0.2) is 0 Å². The molecule has 0 aliphatic heterocycles. The van der Waals surface area contributed by atoms with E-state index in [0.29, 0.717) is 0 Å². The summed E-state index contributed by atoms with van der Waals surface area (Å²) >= 11 is 4.06. The van der Waals surface area contributed by atoms with E-state index < -0.39 is 6.04 Å². The van der Waals surface area contributed by atoms with Crippen LogP contribution in [0.3, 0.4) is 0 Å². The maximum Gasteiger partial charge on any atom is 0.247 e. The van der Waals surface area contributed by atoms with Gasteiger partial charge in [-0.3, -0.25) is 9.59 Å². The van der Waals surface area contributed by atoms with Crippen molar-refractivity contribution in [2.75, 3.05) is 11.1 Å². The topological polar surface area (TPSA) is 58.2 Å². The van der Waals surface area contributed by atoms with E-state index in [9.17, 15) is 9.59 Å². The first-order valence-electron chi connectivity index (χ1n) is 5.84. The van der Waals surface area contributed by atoms with E-state index >= 15 is 0 Å². The number of carbonyl (C=O) groups is 2.